The summed E-state index contributed by atoms with van der Waals surface area (Å²) in [5.74, 6) is -0.0792. The van der Waals surface area contributed by atoms with Crippen LogP contribution in [0.15, 0.2) is 12.2 Å². The number of unbranched alkanes of at least 4 members (excludes halogenated alkanes) is 17. The number of aliphatic hydroxyl groups excluding tert-OH is 2. The minimum Gasteiger partial charge on any atom is -0.394 e. The van der Waals surface area contributed by atoms with Crippen LogP contribution in [0, 0.1) is 0 Å². The summed E-state index contributed by atoms with van der Waals surface area (Å²) in [4.78, 5) is 12.0. The van der Waals surface area contributed by atoms with Crippen molar-refractivity contribution in [1.29, 1.82) is 0 Å². The van der Waals surface area contributed by atoms with Crippen LogP contribution in [0.25, 0.3) is 0 Å². The number of aliphatic hydroxyl groups is 2. The van der Waals surface area contributed by atoms with Gasteiger partial charge in [-0.1, -0.05) is 129 Å². The third-order valence-electron chi connectivity index (χ3n) is 6.27. The van der Waals surface area contributed by atoms with Crippen molar-refractivity contribution in [2.24, 2.45) is 0 Å². The molecule has 0 heterocycles. The van der Waals surface area contributed by atoms with E-state index in [1.807, 2.05) is 6.08 Å². The Morgan fingerprint density at radius 3 is 1.62 bits per heavy atom. The molecule has 0 aliphatic rings. The van der Waals surface area contributed by atoms with Crippen LogP contribution in [0.2, 0.25) is 0 Å². The van der Waals surface area contributed by atoms with Crippen LogP contribution in [-0.2, 0) is 4.79 Å². The van der Waals surface area contributed by atoms with Gasteiger partial charge in [-0.05, 0) is 19.3 Å². The molecule has 0 aliphatic carbocycles. The monoisotopic (exact) mass is 453 g/mol. The second kappa shape index (κ2) is 24.8. The van der Waals surface area contributed by atoms with Gasteiger partial charge in [0.2, 0.25) is 5.91 Å². The van der Waals surface area contributed by atoms with Crippen molar-refractivity contribution in [3.8, 4) is 0 Å². The molecular weight excluding hydrogens is 398 g/mol. The molecule has 0 aromatic heterocycles. The minimum absolute atomic E-state index is 0.0792. The molecule has 0 fully saturated rings. The summed E-state index contributed by atoms with van der Waals surface area (Å²) in [7, 11) is 0. The molecule has 0 bridgehead atoms. The zero-order valence-corrected chi connectivity index (χ0v) is 21.5. The molecule has 4 heteroatoms. The van der Waals surface area contributed by atoms with Crippen molar-refractivity contribution >= 4 is 5.91 Å². The Morgan fingerprint density at radius 2 is 1.16 bits per heavy atom. The van der Waals surface area contributed by atoms with Crippen LogP contribution < -0.4 is 5.32 Å². The van der Waals surface area contributed by atoms with Crippen LogP contribution in [-0.4, -0.2) is 34.9 Å². The highest BCUT2D eigenvalue weighted by Gasteiger charge is 2.17. The lowest BCUT2D eigenvalue weighted by atomic mass is 10.0. The van der Waals surface area contributed by atoms with Crippen LogP contribution in [0.1, 0.15) is 142 Å². The fourth-order valence-electron chi connectivity index (χ4n) is 4.06. The van der Waals surface area contributed by atoms with Crippen molar-refractivity contribution in [2.75, 3.05) is 6.61 Å². The van der Waals surface area contributed by atoms with Gasteiger partial charge in [0.1, 0.15) is 0 Å². The molecule has 0 spiro atoms. The average molecular weight is 454 g/mol. The molecule has 32 heavy (non-hydrogen) atoms. The van der Waals surface area contributed by atoms with E-state index in [1.165, 1.54) is 89.9 Å². The van der Waals surface area contributed by atoms with Gasteiger partial charge in [0.25, 0.3) is 0 Å². The highest BCUT2D eigenvalue weighted by Crippen LogP contribution is 2.13. The largest absolute Gasteiger partial charge is 0.394 e. The van der Waals surface area contributed by atoms with E-state index in [-0.39, 0.29) is 12.5 Å². The maximum absolute atomic E-state index is 12.0. The molecule has 0 aromatic carbocycles. The fourth-order valence-corrected chi connectivity index (χ4v) is 4.06. The molecule has 4 nitrogen and oxygen atoms in total. The van der Waals surface area contributed by atoms with Crippen molar-refractivity contribution in [3.63, 3.8) is 0 Å². The SMILES string of the molecule is CCCCCCCCCCCCCCCC=C[C@@H](O)[C@H](CO)NC(=O)CCCCCCC. The second-order valence-electron chi connectivity index (χ2n) is 9.47. The number of rotatable bonds is 24. The molecule has 190 valence electrons. The Hall–Kier alpha value is -0.870. The molecule has 0 saturated carbocycles. The first-order valence-electron chi connectivity index (χ1n) is 13.9. The molecule has 2 atom stereocenters. The van der Waals surface area contributed by atoms with Gasteiger partial charge in [-0.25, -0.2) is 0 Å². The predicted octanol–water partition coefficient (Wildman–Crippen LogP) is 7.22. The number of allylic oxidation sites excluding steroid dienone is 1. The molecule has 0 unspecified atom stereocenters. The van der Waals surface area contributed by atoms with E-state index >= 15 is 0 Å². The lowest BCUT2D eigenvalue weighted by Gasteiger charge is -2.20. The van der Waals surface area contributed by atoms with E-state index in [9.17, 15) is 15.0 Å². The second-order valence-corrected chi connectivity index (χ2v) is 9.47. The van der Waals surface area contributed by atoms with E-state index in [2.05, 4.69) is 19.2 Å². The first-order chi connectivity index (χ1) is 15.7. The summed E-state index contributed by atoms with van der Waals surface area (Å²) in [6.45, 7) is 4.20. The predicted molar refractivity (Wildman–Crippen MR) is 138 cm³/mol. The maximum Gasteiger partial charge on any atom is 0.220 e. The molecule has 0 aromatic rings. The van der Waals surface area contributed by atoms with Gasteiger partial charge in [0.05, 0.1) is 18.8 Å². The highest BCUT2D eigenvalue weighted by atomic mass is 16.3. The molecule has 3 N–H and O–H groups in total. The maximum atomic E-state index is 12.0. The third-order valence-corrected chi connectivity index (χ3v) is 6.27. The molecule has 0 saturated heterocycles. The zero-order valence-electron chi connectivity index (χ0n) is 21.5. The summed E-state index contributed by atoms with van der Waals surface area (Å²) in [5, 5.41) is 22.5. The Bertz CT molecular complexity index is 425. The number of carbonyl (C=O) groups is 1. The van der Waals surface area contributed by atoms with Crippen LogP contribution in [0.3, 0.4) is 0 Å². The summed E-state index contributed by atoms with van der Waals surface area (Å²) in [6, 6.07) is -0.610. The number of carbonyl (C=O) groups excluding carboxylic acids is 1. The van der Waals surface area contributed by atoms with Gasteiger partial charge in [0, 0.05) is 6.42 Å². The van der Waals surface area contributed by atoms with Crippen molar-refractivity contribution < 1.29 is 15.0 Å². The highest BCUT2D eigenvalue weighted by molar-refractivity contribution is 5.76. The molecule has 1 amide bonds. The first kappa shape index (κ1) is 31.1. The normalized spacial score (nSPS) is 13.5. The van der Waals surface area contributed by atoms with Gasteiger partial charge in [-0.15, -0.1) is 0 Å². The zero-order chi connectivity index (χ0) is 23.7. The van der Waals surface area contributed by atoms with Gasteiger partial charge >= 0.3 is 0 Å². The van der Waals surface area contributed by atoms with Crippen LogP contribution in [0.5, 0.6) is 0 Å². The van der Waals surface area contributed by atoms with Crippen molar-refractivity contribution in [3.05, 3.63) is 12.2 Å². The fraction of sp³-hybridized carbons (Fsp3) is 0.893. The first-order valence-corrected chi connectivity index (χ1v) is 13.9. The average Bonchev–Trinajstić information content (AvgIpc) is 2.79. The van der Waals surface area contributed by atoms with Crippen molar-refractivity contribution in [1.82, 2.24) is 5.32 Å². The van der Waals surface area contributed by atoms with E-state index in [4.69, 9.17) is 0 Å². The molecule has 0 radical (unpaired) electrons. The Balaban J connectivity index is 3.63. The van der Waals surface area contributed by atoms with Gasteiger partial charge in [0.15, 0.2) is 0 Å². The standard InChI is InChI=1S/C28H55NO3/c1-3-5-7-9-10-11-12-13-14-15-16-17-18-20-21-23-27(31)26(25-30)29-28(32)24-22-19-8-6-4-2/h21,23,26-27,30-31H,3-20,22,24-25H2,1-2H3,(H,29,32)/t26-,27+/m0/s1. The van der Waals surface area contributed by atoms with E-state index in [0.717, 1.165) is 32.1 Å². The molecular formula is C28H55NO3. The summed E-state index contributed by atoms with van der Waals surface area (Å²) >= 11 is 0. The Kier molecular flexibility index (Phi) is 24.1. The minimum atomic E-state index is -0.828. The van der Waals surface area contributed by atoms with E-state index in [0.29, 0.717) is 6.42 Å². The number of nitrogens with one attached hydrogen (secondary N) is 1. The quantitative estimate of drug-likeness (QED) is 0.107. The third kappa shape index (κ3) is 21.0. The Labute approximate surface area is 199 Å². The van der Waals surface area contributed by atoms with Crippen LogP contribution >= 0.6 is 0 Å². The Morgan fingerprint density at radius 1 is 0.719 bits per heavy atom. The number of amides is 1. The van der Waals surface area contributed by atoms with Gasteiger partial charge in [-0.2, -0.15) is 0 Å². The van der Waals surface area contributed by atoms with Gasteiger partial charge < -0.3 is 15.5 Å². The molecule has 0 rings (SSSR count). The summed E-state index contributed by atoms with van der Waals surface area (Å²) in [6.07, 6.45) is 27.3. The van der Waals surface area contributed by atoms with Gasteiger partial charge in [-0.3, -0.25) is 4.79 Å². The van der Waals surface area contributed by atoms with Crippen LogP contribution in [0.4, 0.5) is 0 Å². The lowest BCUT2D eigenvalue weighted by molar-refractivity contribution is -0.123. The summed E-state index contributed by atoms with van der Waals surface area (Å²) < 4.78 is 0. The number of hydrogen-bond acceptors (Lipinski definition) is 3. The van der Waals surface area contributed by atoms with Crippen molar-refractivity contribution in [2.45, 2.75) is 154 Å². The van der Waals surface area contributed by atoms with E-state index in [1.54, 1.807) is 6.08 Å². The number of hydrogen-bond donors (Lipinski definition) is 3. The van der Waals surface area contributed by atoms with E-state index < -0.39 is 12.1 Å². The topological polar surface area (TPSA) is 69.6 Å². The molecule has 0 aliphatic heterocycles. The summed E-state index contributed by atoms with van der Waals surface area (Å²) in [5.41, 5.74) is 0. The smallest absolute Gasteiger partial charge is 0.220 e. The lowest BCUT2D eigenvalue weighted by Crippen LogP contribution is -2.45.